The van der Waals surface area contributed by atoms with Crippen LogP contribution in [0.4, 0.5) is 14.5 Å². The molecule has 0 bridgehead atoms. The van der Waals surface area contributed by atoms with E-state index in [1.807, 2.05) is 13.0 Å². The Labute approximate surface area is 154 Å². The molecule has 3 rings (SSSR count). The van der Waals surface area contributed by atoms with Crippen molar-refractivity contribution < 1.29 is 18.3 Å². The molecular formula is C20H17F2N3O2. The lowest BCUT2D eigenvalue weighted by Gasteiger charge is -2.09. The fraction of sp³-hybridized carbons (Fsp3) is 0.200. The molecule has 1 amide bonds. The predicted molar refractivity (Wildman–Crippen MR) is 97.7 cm³/mol. The number of nitrogens with one attached hydrogen (secondary N) is 2. The topological polar surface area (TPSA) is 77.9 Å². The van der Waals surface area contributed by atoms with Crippen LogP contribution in [0.1, 0.15) is 35.7 Å². The van der Waals surface area contributed by atoms with Gasteiger partial charge < -0.3 is 15.0 Å². The van der Waals surface area contributed by atoms with Gasteiger partial charge in [-0.05, 0) is 30.7 Å². The van der Waals surface area contributed by atoms with Crippen molar-refractivity contribution in [1.29, 1.82) is 5.26 Å². The lowest BCUT2D eigenvalue weighted by Crippen LogP contribution is -2.12. The van der Waals surface area contributed by atoms with Gasteiger partial charge in [-0.2, -0.15) is 5.26 Å². The van der Waals surface area contributed by atoms with E-state index in [-0.39, 0.29) is 11.1 Å². The second-order valence-corrected chi connectivity index (χ2v) is 5.99. The molecule has 0 radical (unpaired) electrons. The van der Waals surface area contributed by atoms with Crippen LogP contribution in [-0.2, 0) is 0 Å². The SMILES string of the molecule is CCCCOc1ccc(C(=O)Nc2c[nH]c3cc(F)c(F)cc23)cc1C#N. The molecule has 0 saturated heterocycles. The first kappa shape index (κ1) is 18.4. The molecule has 2 N–H and O–H groups in total. The zero-order valence-electron chi connectivity index (χ0n) is 14.6. The van der Waals surface area contributed by atoms with Crippen LogP contribution in [0.25, 0.3) is 10.9 Å². The Kier molecular flexibility index (Phi) is 5.36. The highest BCUT2D eigenvalue weighted by Crippen LogP contribution is 2.26. The van der Waals surface area contributed by atoms with Crippen molar-refractivity contribution in [1.82, 2.24) is 4.98 Å². The van der Waals surface area contributed by atoms with Gasteiger partial charge in [0.25, 0.3) is 5.91 Å². The number of H-pyrrole nitrogens is 1. The molecule has 0 aliphatic rings. The highest BCUT2D eigenvalue weighted by Gasteiger charge is 2.14. The van der Waals surface area contributed by atoms with E-state index in [1.54, 1.807) is 12.1 Å². The summed E-state index contributed by atoms with van der Waals surface area (Å²) in [6, 6.07) is 8.62. The van der Waals surface area contributed by atoms with Gasteiger partial charge in [-0.1, -0.05) is 13.3 Å². The zero-order chi connectivity index (χ0) is 19.4. The van der Waals surface area contributed by atoms with Gasteiger partial charge in [-0.3, -0.25) is 4.79 Å². The molecule has 0 fully saturated rings. The maximum atomic E-state index is 13.5. The lowest BCUT2D eigenvalue weighted by molar-refractivity contribution is 0.102. The van der Waals surface area contributed by atoms with Crippen LogP contribution in [0.2, 0.25) is 0 Å². The van der Waals surface area contributed by atoms with Crippen LogP contribution in [0.15, 0.2) is 36.5 Å². The first-order valence-electron chi connectivity index (χ1n) is 8.48. The summed E-state index contributed by atoms with van der Waals surface area (Å²) in [7, 11) is 0. The molecule has 138 valence electrons. The molecule has 3 aromatic rings. The summed E-state index contributed by atoms with van der Waals surface area (Å²) in [6.07, 6.45) is 3.29. The van der Waals surface area contributed by atoms with E-state index in [4.69, 9.17) is 4.74 Å². The minimum absolute atomic E-state index is 0.255. The summed E-state index contributed by atoms with van der Waals surface area (Å²) < 4.78 is 32.3. The molecule has 0 aliphatic carbocycles. The number of hydrogen-bond acceptors (Lipinski definition) is 3. The number of halogens is 2. The maximum absolute atomic E-state index is 13.5. The minimum Gasteiger partial charge on any atom is -0.492 e. The number of carbonyl (C=O) groups is 1. The number of nitrogens with zero attached hydrogens (tertiary/aromatic N) is 1. The molecule has 0 spiro atoms. The van der Waals surface area contributed by atoms with E-state index < -0.39 is 17.5 Å². The van der Waals surface area contributed by atoms with Gasteiger partial charge >= 0.3 is 0 Å². The Morgan fingerprint density at radius 2 is 2.04 bits per heavy atom. The first-order chi connectivity index (χ1) is 13.0. The van der Waals surface area contributed by atoms with Gasteiger partial charge in [0.1, 0.15) is 11.8 Å². The van der Waals surface area contributed by atoms with Gasteiger partial charge in [0.05, 0.1) is 23.4 Å². The fourth-order valence-electron chi connectivity index (χ4n) is 2.63. The number of amides is 1. The number of anilines is 1. The summed E-state index contributed by atoms with van der Waals surface area (Å²) in [5, 5.41) is 12.3. The molecule has 0 aliphatic heterocycles. The fourth-order valence-corrected chi connectivity index (χ4v) is 2.63. The minimum atomic E-state index is -1.00. The molecule has 2 aromatic carbocycles. The number of unbranched alkanes of at least 4 members (excludes halogenated alkanes) is 1. The van der Waals surface area contributed by atoms with E-state index in [2.05, 4.69) is 10.3 Å². The van der Waals surface area contributed by atoms with Crippen LogP contribution in [0.3, 0.4) is 0 Å². The van der Waals surface area contributed by atoms with Gasteiger partial charge in [-0.15, -0.1) is 0 Å². The van der Waals surface area contributed by atoms with Crippen molar-refractivity contribution in [3.63, 3.8) is 0 Å². The number of benzene rings is 2. The maximum Gasteiger partial charge on any atom is 0.255 e. The molecule has 7 heteroatoms. The second-order valence-electron chi connectivity index (χ2n) is 5.99. The Morgan fingerprint density at radius 3 is 2.78 bits per heavy atom. The number of carbonyl (C=O) groups excluding carboxylic acids is 1. The van der Waals surface area contributed by atoms with Crippen LogP contribution in [-0.4, -0.2) is 17.5 Å². The standard InChI is InChI=1S/C20H17F2N3O2/c1-2-3-6-27-19-5-4-12(7-13(19)10-23)20(26)25-18-11-24-17-9-16(22)15(21)8-14(17)18/h4-5,7-9,11,24H,2-3,6H2,1H3,(H,25,26). The summed E-state index contributed by atoms with van der Waals surface area (Å²) in [5.41, 5.74) is 1.19. The monoisotopic (exact) mass is 369 g/mol. The molecule has 5 nitrogen and oxygen atoms in total. The summed E-state index contributed by atoms with van der Waals surface area (Å²) in [4.78, 5) is 15.3. The van der Waals surface area contributed by atoms with E-state index >= 15 is 0 Å². The van der Waals surface area contributed by atoms with E-state index in [1.165, 1.54) is 12.3 Å². The van der Waals surface area contributed by atoms with Gasteiger partial charge in [0, 0.05) is 23.2 Å². The van der Waals surface area contributed by atoms with E-state index in [0.29, 0.717) is 28.9 Å². The van der Waals surface area contributed by atoms with Gasteiger partial charge in [0.15, 0.2) is 11.6 Å². The lowest BCUT2D eigenvalue weighted by atomic mass is 10.1. The molecule has 0 atom stereocenters. The number of ether oxygens (including phenoxy) is 1. The molecule has 1 aromatic heterocycles. The van der Waals surface area contributed by atoms with Crippen molar-refractivity contribution in [3.05, 3.63) is 59.3 Å². The van der Waals surface area contributed by atoms with Crippen LogP contribution in [0.5, 0.6) is 5.75 Å². The zero-order valence-corrected chi connectivity index (χ0v) is 14.6. The normalized spacial score (nSPS) is 10.6. The summed E-state index contributed by atoms with van der Waals surface area (Å²) in [5.74, 6) is -2.03. The highest BCUT2D eigenvalue weighted by atomic mass is 19.2. The first-order valence-corrected chi connectivity index (χ1v) is 8.48. The largest absolute Gasteiger partial charge is 0.492 e. The third kappa shape index (κ3) is 3.90. The number of rotatable bonds is 6. The Balaban J connectivity index is 1.82. The Hall–Kier alpha value is -3.40. The number of hydrogen-bond donors (Lipinski definition) is 2. The third-order valence-corrected chi connectivity index (χ3v) is 4.09. The smallest absolute Gasteiger partial charge is 0.255 e. The summed E-state index contributed by atoms with van der Waals surface area (Å²) >= 11 is 0. The average molecular weight is 369 g/mol. The molecular weight excluding hydrogens is 352 g/mol. The molecule has 0 unspecified atom stereocenters. The summed E-state index contributed by atoms with van der Waals surface area (Å²) in [6.45, 7) is 2.53. The third-order valence-electron chi connectivity index (χ3n) is 4.09. The molecule has 1 heterocycles. The number of nitriles is 1. The van der Waals surface area contributed by atoms with Gasteiger partial charge in [-0.25, -0.2) is 8.78 Å². The molecule has 27 heavy (non-hydrogen) atoms. The number of fused-ring (bicyclic) bond motifs is 1. The van der Waals surface area contributed by atoms with Crippen molar-refractivity contribution in [2.75, 3.05) is 11.9 Å². The van der Waals surface area contributed by atoms with Crippen molar-refractivity contribution in [2.45, 2.75) is 19.8 Å². The second kappa shape index (κ2) is 7.87. The number of aromatic nitrogens is 1. The molecule has 0 saturated carbocycles. The number of aromatic amines is 1. The van der Waals surface area contributed by atoms with Crippen molar-refractivity contribution in [2.24, 2.45) is 0 Å². The highest BCUT2D eigenvalue weighted by molar-refractivity contribution is 6.09. The van der Waals surface area contributed by atoms with Gasteiger partial charge in [0.2, 0.25) is 0 Å². The average Bonchev–Trinajstić information content (AvgIpc) is 3.04. The van der Waals surface area contributed by atoms with E-state index in [0.717, 1.165) is 25.0 Å². The Bertz CT molecular complexity index is 1040. The van der Waals surface area contributed by atoms with Crippen LogP contribution < -0.4 is 10.1 Å². The quantitative estimate of drug-likeness (QED) is 0.616. The Morgan fingerprint density at radius 1 is 1.26 bits per heavy atom. The predicted octanol–water partition coefficient (Wildman–Crippen LogP) is 4.75. The van der Waals surface area contributed by atoms with Crippen LogP contribution >= 0.6 is 0 Å². The van der Waals surface area contributed by atoms with Crippen LogP contribution in [0, 0.1) is 23.0 Å². The van der Waals surface area contributed by atoms with E-state index in [9.17, 15) is 18.8 Å². The van der Waals surface area contributed by atoms with Crippen molar-refractivity contribution >= 4 is 22.5 Å². The van der Waals surface area contributed by atoms with Crippen molar-refractivity contribution in [3.8, 4) is 11.8 Å².